The van der Waals surface area contributed by atoms with E-state index in [-0.39, 0.29) is 42.4 Å². The Hall–Kier alpha value is -3.73. The van der Waals surface area contributed by atoms with E-state index in [1.165, 1.54) is 7.11 Å². The van der Waals surface area contributed by atoms with Crippen LogP contribution in [0.2, 0.25) is 0 Å². The number of rotatable bonds is 7. The Kier molecular flexibility index (Phi) is 7.15. The van der Waals surface area contributed by atoms with Crippen molar-refractivity contribution in [3.05, 3.63) is 60.2 Å². The summed E-state index contributed by atoms with van der Waals surface area (Å²) in [5.74, 6) is -1.45. The van der Waals surface area contributed by atoms with Gasteiger partial charge in [0, 0.05) is 30.2 Å². The fraction of sp³-hybridized carbons (Fsp3) is 0.333. The number of carbonyl (C=O) groups is 3. The number of carbonyl (C=O) groups excluding carboxylic acids is 3. The number of hydrogen-bond acceptors (Lipinski definition) is 8. The van der Waals surface area contributed by atoms with Gasteiger partial charge in [0.15, 0.2) is 9.84 Å². The highest BCUT2D eigenvalue weighted by molar-refractivity contribution is 7.91. The Bertz CT molecular complexity index is 1260. The van der Waals surface area contributed by atoms with Crippen LogP contribution in [-0.4, -0.2) is 61.6 Å². The normalized spacial score (nSPS) is 20.0. The van der Waals surface area contributed by atoms with Crippen LogP contribution in [0.1, 0.15) is 30.9 Å². The first-order valence-electron chi connectivity index (χ1n) is 11.1. The molecular weight excluding hydrogens is 474 g/mol. The Morgan fingerprint density at radius 1 is 1.11 bits per heavy atom. The lowest BCUT2D eigenvalue weighted by Crippen LogP contribution is -2.42. The largest absolute Gasteiger partial charge is 0.497 e. The van der Waals surface area contributed by atoms with Crippen LogP contribution in [0.5, 0.6) is 5.75 Å². The van der Waals surface area contributed by atoms with Gasteiger partial charge in [-0.25, -0.2) is 18.2 Å². The molecule has 0 spiro atoms. The number of nitrogens with zero attached hydrogens (tertiary/aromatic N) is 2. The fourth-order valence-electron chi connectivity index (χ4n) is 3.96. The number of amides is 2. The van der Waals surface area contributed by atoms with E-state index in [0.29, 0.717) is 17.0 Å². The molecule has 1 N–H and O–H groups in total. The molecule has 0 unspecified atom stereocenters. The average molecular weight is 500 g/mol. The van der Waals surface area contributed by atoms with E-state index in [1.54, 1.807) is 54.6 Å². The highest BCUT2D eigenvalue weighted by Gasteiger charge is 2.38. The van der Waals surface area contributed by atoms with Crippen LogP contribution >= 0.6 is 0 Å². The van der Waals surface area contributed by atoms with Crippen molar-refractivity contribution in [2.75, 3.05) is 23.9 Å². The summed E-state index contributed by atoms with van der Waals surface area (Å²) in [6.07, 6.45) is -0.992. The molecule has 4 rings (SSSR count). The third-order valence-electron chi connectivity index (χ3n) is 5.75. The van der Waals surface area contributed by atoms with Crippen LogP contribution in [0.3, 0.4) is 0 Å². The third kappa shape index (κ3) is 5.86. The minimum Gasteiger partial charge on any atom is -0.497 e. The Morgan fingerprint density at radius 2 is 1.89 bits per heavy atom. The average Bonchev–Trinajstić information content (AvgIpc) is 3.22. The Morgan fingerprint density at radius 3 is 2.57 bits per heavy atom. The number of anilines is 1. The first kappa shape index (κ1) is 24.4. The van der Waals surface area contributed by atoms with Crippen LogP contribution in [0.15, 0.2) is 59.7 Å². The maximum absolute atomic E-state index is 13.1. The zero-order chi connectivity index (χ0) is 25.0. The molecular formula is C24H25N3O7S. The molecule has 0 saturated carbocycles. The molecule has 2 aliphatic heterocycles. The van der Waals surface area contributed by atoms with Gasteiger partial charge in [-0.05, 0) is 18.6 Å². The summed E-state index contributed by atoms with van der Waals surface area (Å²) in [7, 11) is -1.74. The quantitative estimate of drug-likeness (QED) is 0.577. The molecule has 0 aromatic heterocycles. The number of nitrogens with one attached hydrogen (secondary N) is 1. The molecule has 1 saturated heterocycles. The van der Waals surface area contributed by atoms with Crippen LogP contribution in [0, 0.1) is 0 Å². The number of ether oxygens (including phenoxy) is 2. The molecule has 2 aliphatic rings. The molecule has 0 bridgehead atoms. The van der Waals surface area contributed by atoms with Gasteiger partial charge in [0.25, 0.3) is 5.91 Å². The van der Waals surface area contributed by atoms with Crippen LogP contribution < -0.4 is 10.1 Å². The predicted octanol–water partition coefficient (Wildman–Crippen LogP) is 2.08. The topological polar surface area (TPSA) is 131 Å². The van der Waals surface area contributed by atoms with Gasteiger partial charge in [-0.3, -0.25) is 9.59 Å². The van der Waals surface area contributed by atoms with E-state index >= 15 is 0 Å². The second-order valence-electron chi connectivity index (χ2n) is 8.26. The van der Waals surface area contributed by atoms with E-state index in [0.717, 1.165) is 5.01 Å². The van der Waals surface area contributed by atoms with Gasteiger partial charge in [-0.15, -0.1) is 0 Å². The van der Waals surface area contributed by atoms with Crippen molar-refractivity contribution >= 4 is 39.0 Å². The van der Waals surface area contributed by atoms with Crippen molar-refractivity contribution in [3.63, 3.8) is 0 Å². The summed E-state index contributed by atoms with van der Waals surface area (Å²) >= 11 is 0. The van der Waals surface area contributed by atoms with Gasteiger partial charge in [-0.2, -0.15) is 5.10 Å². The zero-order valence-electron chi connectivity index (χ0n) is 19.0. The molecule has 35 heavy (non-hydrogen) atoms. The van der Waals surface area contributed by atoms with Gasteiger partial charge < -0.3 is 14.8 Å². The van der Waals surface area contributed by atoms with Crippen molar-refractivity contribution in [3.8, 4) is 5.75 Å². The molecule has 184 valence electrons. The first-order valence-corrected chi connectivity index (χ1v) is 12.9. The monoisotopic (exact) mass is 499 g/mol. The van der Waals surface area contributed by atoms with Crippen molar-refractivity contribution in [2.24, 2.45) is 5.10 Å². The lowest BCUT2D eigenvalue weighted by Gasteiger charge is -2.27. The number of benzene rings is 2. The molecule has 2 aromatic rings. The maximum Gasteiger partial charge on any atom is 0.355 e. The second kappa shape index (κ2) is 10.3. The first-order chi connectivity index (χ1) is 16.8. The Balaban J connectivity index is 1.54. The number of methoxy groups -OCH3 is 1. The van der Waals surface area contributed by atoms with Gasteiger partial charge >= 0.3 is 5.97 Å². The van der Waals surface area contributed by atoms with Crippen LogP contribution in [0.4, 0.5) is 5.69 Å². The Labute approximate surface area is 202 Å². The van der Waals surface area contributed by atoms with Crippen LogP contribution in [-0.2, 0) is 29.0 Å². The molecule has 2 atom stereocenters. The predicted molar refractivity (Wildman–Crippen MR) is 127 cm³/mol. The van der Waals surface area contributed by atoms with Crippen molar-refractivity contribution in [1.82, 2.24) is 5.01 Å². The minimum atomic E-state index is -3.25. The zero-order valence-corrected chi connectivity index (χ0v) is 19.9. The standard InChI is InChI=1S/C24H25N3O7S/c1-33-19-9-5-8-17(14-19)25-23(29)22(16-6-3-2-4-7-16)34-24(30)20-10-11-21(28)27(26-20)18-12-13-35(31,32)15-18/h2-9,14,18,22H,10-13,15H2,1H3,(H,25,29)/t18-,22+/m1/s1. The van der Waals surface area contributed by atoms with Crippen molar-refractivity contribution in [2.45, 2.75) is 31.4 Å². The van der Waals surface area contributed by atoms with Crippen LogP contribution in [0.25, 0.3) is 0 Å². The summed E-state index contributed by atoms with van der Waals surface area (Å²) in [6, 6.07) is 14.7. The molecule has 2 heterocycles. The van der Waals surface area contributed by atoms with Gasteiger partial charge in [0.05, 0.1) is 24.7 Å². The summed E-state index contributed by atoms with van der Waals surface area (Å²) in [4.78, 5) is 38.5. The molecule has 2 aromatic carbocycles. The number of hydrazone groups is 1. The lowest BCUT2D eigenvalue weighted by atomic mass is 10.1. The molecule has 10 nitrogen and oxygen atoms in total. The number of sulfone groups is 1. The molecule has 1 fully saturated rings. The lowest BCUT2D eigenvalue weighted by molar-refractivity contribution is -0.148. The third-order valence-corrected chi connectivity index (χ3v) is 7.50. The molecule has 0 radical (unpaired) electrons. The van der Waals surface area contributed by atoms with E-state index in [1.807, 2.05) is 0 Å². The van der Waals surface area contributed by atoms with Gasteiger partial charge in [0.1, 0.15) is 11.5 Å². The van der Waals surface area contributed by atoms with Crippen molar-refractivity contribution in [1.29, 1.82) is 0 Å². The summed E-state index contributed by atoms with van der Waals surface area (Å²) < 4.78 is 34.4. The smallest absolute Gasteiger partial charge is 0.355 e. The molecule has 11 heteroatoms. The number of hydrogen-bond donors (Lipinski definition) is 1. The number of esters is 1. The second-order valence-corrected chi connectivity index (χ2v) is 10.5. The molecule has 2 amide bonds. The highest BCUT2D eigenvalue weighted by Crippen LogP contribution is 2.25. The van der Waals surface area contributed by atoms with Crippen molar-refractivity contribution < 1.29 is 32.3 Å². The van der Waals surface area contributed by atoms with Gasteiger partial charge in [-0.1, -0.05) is 36.4 Å². The van der Waals surface area contributed by atoms with E-state index in [4.69, 9.17) is 9.47 Å². The fourth-order valence-corrected chi connectivity index (χ4v) is 5.65. The van der Waals surface area contributed by atoms with E-state index in [2.05, 4.69) is 10.4 Å². The maximum atomic E-state index is 13.1. The van der Waals surface area contributed by atoms with Gasteiger partial charge in [0.2, 0.25) is 12.0 Å². The van der Waals surface area contributed by atoms with E-state index < -0.39 is 33.9 Å². The molecule has 0 aliphatic carbocycles. The minimum absolute atomic E-state index is 0.00348. The van der Waals surface area contributed by atoms with E-state index in [9.17, 15) is 22.8 Å². The highest BCUT2D eigenvalue weighted by atomic mass is 32.2. The summed E-state index contributed by atoms with van der Waals surface area (Å²) in [5, 5.41) is 7.94. The summed E-state index contributed by atoms with van der Waals surface area (Å²) in [6.45, 7) is 0. The SMILES string of the molecule is COc1cccc(NC(=O)[C@@H](OC(=O)C2=NN([C@@H]3CCS(=O)(=O)C3)C(=O)CC2)c2ccccc2)c1. The summed E-state index contributed by atoms with van der Waals surface area (Å²) in [5.41, 5.74) is 0.872.